The number of halogens is 4. The number of nitrogens with zero attached hydrogens (tertiary/aromatic N) is 7. The molecule has 42 heavy (non-hydrogen) atoms. The second kappa shape index (κ2) is 11.6. The molecule has 5 heterocycles. The third kappa shape index (κ3) is 5.82. The summed E-state index contributed by atoms with van der Waals surface area (Å²) in [6, 6.07) is 3.91. The summed E-state index contributed by atoms with van der Waals surface area (Å²) in [5.74, 6) is -0.282. The van der Waals surface area contributed by atoms with Crippen molar-refractivity contribution in [3.63, 3.8) is 0 Å². The molecule has 2 atom stereocenters. The van der Waals surface area contributed by atoms with Crippen LogP contribution in [0.5, 0.6) is 0 Å². The quantitative estimate of drug-likeness (QED) is 0.289. The van der Waals surface area contributed by atoms with Gasteiger partial charge in [-0.1, -0.05) is 17.7 Å². The van der Waals surface area contributed by atoms with Crippen molar-refractivity contribution in [2.75, 3.05) is 12.3 Å². The Balaban J connectivity index is 1.41. The fraction of sp³-hybridized carbons (Fsp3) is 0.269. The van der Waals surface area contributed by atoms with Crippen LogP contribution in [0.4, 0.5) is 13.2 Å². The molecule has 1 fully saturated rings. The van der Waals surface area contributed by atoms with Gasteiger partial charge in [-0.15, -0.1) is 11.3 Å². The molecule has 1 saturated heterocycles. The van der Waals surface area contributed by atoms with E-state index in [1.807, 2.05) is 4.90 Å². The van der Waals surface area contributed by atoms with Crippen LogP contribution in [0.1, 0.15) is 41.0 Å². The van der Waals surface area contributed by atoms with E-state index < -0.39 is 34.5 Å². The highest BCUT2D eigenvalue weighted by Gasteiger charge is 2.42. The summed E-state index contributed by atoms with van der Waals surface area (Å²) in [6.45, 7) is -2.66. The van der Waals surface area contributed by atoms with Crippen LogP contribution in [0.3, 0.4) is 0 Å². The molecule has 16 heteroatoms. The van der Waals surface area contributed by atoms with E-state index >= 15 is 0 Å². The third-order valence-electron chi connectivity index (χ3n) is 6.81. The minimum absolute atomic E-state index is 0.0985. The molecule has 0 radical (unpaired) electrons. The molecule has 10 nitrogen and oxygen atoms in total. The Labute approximate surface area is 247 Å². The molecule has 1 aromatic carbocycles. The number of nitrogens with one attached hydrogen (secondary N) is 1. The van der Waals surface area contributed by atoms with Gasteiger partial charge in [0.2, 0.25) is 10.0 Å². The van der Waals surface area contributed by atoms with E-state index in [0.29, 0.717) is 38.1 Å². The minimum atomic E-state index is -3.75. The topological polar surface area (TPSA) is 118 Å². The number of amidine groups is 1. The third-order valence-corrected chi connectivity index (χ3v) is 9.35. The molecule has 0 amide bonds. The van der Waals surface area contributed by atoms with Crippen LogP contribution in [0.25, 0.3) is 5.57 Å². The van der Waals surface area contributed by atoms with E-state index in [4.69, 9.17) is 16.6 Å². The normalized spacial score (nSPS) is 19.0. The number of aromatic nitrogens is 5. The van der Waals surface area contributed by atoms with E-state index in [9.17, 15) is 21.6 Å². The second-order valence-corrected chi connectivity index (χ2v) is 12.7. The van der Waals surface area contributed by atoms with Crippen LogP contribution >= 0.6 is 22.9 Å². The highest BCUT2D eigenvalue weighted by atomic mass is 35.5. The van der Waals surface area contributed by atoms with Crippen molar-refractivity contribution in [2.24, 2.45) is 4.99 Å². The van der Waals surface area contributed by atoms with Crippen molar-refractivity contribution in [2.45, 2.75) is 31.5 Å². The summed E-state index contributed by atoms with van der Waals surface area (Å²) in [5, 5.41) is 6.55. The van der Waals surface area contributed by atoms with Crippen LogP contribution in [0.15, 0.2) is 71.3 Å². The maximum absolute atomic E-state index is 14.0. The molecule has 4 aromatic rings. The van der Waals surface area contributed by atoms with Gasteiger partial charge in [-0.05, 0) is 18.2 Å². The molecule has 0 spiro atoms. The number of fused-ring (bicyclic) bond motifs is 1. The zero-order valence-electron chi connectivity index (χ0n) is 21.6. The van der Waals surface area contributed by atoms with Crippen LogP contribution in [0.2, 0.25) is 5.02 Å². The molecular weight excluding hydrogens is 613 g/mol. The van der Waals surface area contributed by atoms with Gasteiger partial charge in [-0.3, -0.25) is 15.0 Å². The molecule has 6 rings (SSSR count). The zero-order valence-corrected chi connectivity index (χ0v) is 24.0. The molecule has 0 bridgehead atoms. The number of hydrogen-bond acceptors (Lipinski definition) is 9. The van der Waals surface area contributed by atoms with Gasteiger partial charge >= 0.3 is 6.55 Å². The number of benzene rings is 1. The van der Waals surface area contributed by atoms with E-state index in [2.05, 4.69) is 24.8 Å². The summed E-state index contributed by atoms with van der Waals surface area (Å²) in [7, 11) is -3.75. The number of aliphatic imine (C=N–C) groups is 1. The summed E-state index contributed by atoms with van der Waals surface area (Å²) >= 11 is 7.82. The molecule has 2 aliphatic rings. The van der Waals surface area contributed by atoms with Crippen LogP contribution in [0, 0.1) is 5.82 Å². The first kappa shape index (κ1) is 28.5. The predicted molar refractivity (Wildman–Crippen MR) is 151 cm³/mol. The lowest BCUT2D eigenvalue weighted by molar-refractivity contribution is 0.0564. The van der Waals surface area contributed by atoms with Gasteiger partial charge in [0.05, 0.1) is 17.1 Å². The number of thiazole rings is 1. The summed E-state index contributed by atoms with van der Waals surface area (Å²) in [4.78, 5) is 19.3. The first-order chi connectivity index (χ1) is 20.2. The van der Waals surface area contributed by atoms with Crippen LogP contribution < -0.4 is 4.72 Å². The summed E-state index contributed by atoms with van der Waals surface area (Å²) in [6.07, 6.45) is 7.68. The van der Waals surface area contributed by atoms with Gasteiger partial charge < -0.3 is 4.90 Å². The molecule has 3 aromatic heterocycles. The second-order valence-electron chi connectivity index (χ2n) is 9.57. The number of sulfonamides is 1. The minimum Gasteiger partial charge on any atom is -0.326 e. The van der Waals surface area contributed by atoms with Crippen LogP contribution in [-0.4, -0.2) is 62.2 Å². The predicted octanol–water partition coefficient (Wildman–Crippen LogP) is 4.47. The largest absolute Gasteiger partial charge is 0.333 e. The van der Waals surface area contributed by atoms with Gasteiger partial charge in [0.15, 0.2) is 10.8 Å². The molecule has 0 aliphatic carbocycles. The Morgan fingerprint density at radius 1 is 1.17 bits per heavy atom. The molecule has 1 N–H and O–H groups in total. The Kier molecular flexibility index (Phi) is 7.83. The number of hydrogen-bond donors (Lipinski definition) is 1. The van der Waals surface area contributed by atoms with Gasteiger partial charge in [-0.25, -0.2) is 27.2 Å². The monoisotopic (exact) mass is 634 g/mol. The van der Waals surface area contributed by atoms with Crippen molar-refractivity contribution >= 4 is 44.4 Å². The average molecular weight is 635 g/mol. The highest BCUT2D eigenvalue weighted by molar-refractivity contribution is 7.89. The molecule has 0 saturated carbocycles. The number of aryl methyl sites for hydroxylation is 1. The van der Waals surface area contributed by atoms with Crippen LogP contribution in [-0.2, 0) is 16.4 Å². The SMILES string of the molecule is O=S(=O)(CCc1cnccn1)N[C@H]1CC2=C(c3ccn(C(F)F)n3)[C@H](c3ccc(F)cc3Cl)N=C(c3nccs3)N2C1. The summed E-state index contributed by atoms with van der Waals surface area (Å²) < 4.78 is 70.5. The number of alkyl halides is 2. The van der Waals surface area contributed by atoms with Crippen molar-refractivity contribution in [3.8, 4) is 0 Å². The maximum atomic E-state index is 14.0. The molecule has 0 unspecified atom stereocenters. The van der Waals surface area contributed by atoms with E-state index in [1.54, 1.807) is 11.6 Å². The first-order valence-electron chi connectivity index (χ1n) is 12.7. The standard InChI is InChI=1S/C26H22ClF3N8O2S2/c27-19-11-15(28)1-2-18(19)23-22(20-3-8-38(35-20)26(29)30)21-12-17(14-37(21)24(34-23)25-33-7-9-41-25)36-42(39,40)10-4-16-13-31-5-6-32-16/h1-3,5-9,11,13,17,23,26,36H,4,10,12,14H2/t17-,23-/m0/s1. The Hall–Kier alpha value is -3.66. The average Bonchev–Trinajstić information content (AvgIpc) is 3.73. The maximum Gasteiger partial charge on any atom is 0.333 e. The van der Waals surface area contributed by atoms with Gasteiger partial charge in [0.1, 0.15) is 11.9 Å². The van der Waals surface area contributed by atoms with E-state index in [1.165, 1.54) is 48.1 Å². The smallest absolute Gasteiger partial charge is 0.326 e. The van der Waals surface area contributed by atoms with Crippen molar-refractivity contribution in [3.05, 3.63) is 99.1 Å². The van der Waals surface area contributed by atoms with Gasteiger partial charge in [0, 0.05) is 83.6 Å². The molecule has 218 valence electrons. The fourth-order valence-corrected chi connectivity index (χ4v) is 7.22. The van der Waals surface area contributed by atoms with Crippen molar-refractivity contribution < 1.29 is 21.6 Å². The lowest BCUT2D eigenvalue weighted by Gasteiger charge is -2.32. The Bertz CT molecular complexity index is 1760. The van der Waals surface area contributed by atoms with Gasteiger partial charge in [0.25, 0.3) is 0 Å². The molecule has 2 aliphatic heterocycles. The molecular formula is C26H22ClF3N8O2S2. The Morgan fingerprint density at radius 2 is 2.02 bits per heavy atom. The fourth-order valence-electron chi connectivity index (χ4n) is 5.04. The van der Waals surface area contributed by atoms with Gasteiger partial charge in [-0.2, -0.15) is 13.9 Å². The summed E-state index contributed by atoms with van der Waals surface area (Å²) in [5.41, 5.74) is 2.29. The zero-order chi connectivity index (χ0) is 29.4. The Morgan fingerprint density at radius 3 is 2.71 bits per heavy atom. The highest BCUT2D eigenvalue weighted by Crippen LogP contribution is 2.46. The van der Waals surface area contributed by atoms with E-state index in [-0.39, 0.29) is 35.9 Å². The van der Waals surface area contributed by atoms with Crippen molar-refractivity contribution in [1.29, 1.82) is 0 Å². The number of rotatable bonds is 9. The first-order valence-corrected chi connectivity index (χ1v) is 15.6. The van der Waals surface area contributed by atoms with Crippen molar-refractivity contribution in [1.82, 2.24) is 34.4 Å². The van der Waals surface area contributed by atoms with E-state index in [0.717, 1.165) is 12.3 Å². The lowest BCUT2D eigenvalue weighted by atomic mass is 9.92. The lowest BCUT2D eigenvalue weighted by Crippen LogP contribution is -2.40.